The molecule has 23 heavy (non-hydrogen) atoms. The number of nitrogens with one attached hydrogen (secondary N) is 1. The van der Waals surface area contributed by atoms with Gasteiger partial charge in [0.05, 0.1) is 26.0 Å². The average molecular weight is 337 g/mol. The van der Waals surface area contributed by atoms with Gasteiger partial charge in [-0.15, -0.1) is 0 Å². The smallest absolute Gasteiger partial charge is 0.274 e. The highest BCUT2D eigenvalue weighted by Gasteiger charge is 2.20. The summed E-state index contributed by atoms with van der Waals surface area (Å²) in [4.78, 5) is 20.0. The van der Waals surface area contributed by atoms with Crippen molar-refractivity contribution in [1.82, 2.24) is 0 Å². The van der Waals surface area contributed by atoms with Crippen LogP contribution in [-0.2, 0) is 10.0 Å². The zero-order chi connectivity index (χ0) is 17.2. The molecule has 9 nitrogen and oxygen atoms in total. The Kier molecular flexibility index (Phi) is 4.27. The van der Waals surface area contributed by atoms with Crippen LogP contribution in [0.1, 0.15) is 5.56 Å². The van der Waals surface area contributed by atoms with E-state index in [0.717, 1.165) is 24.3 Å². The monoisotopic (exact) mass is 337 g/mol. The first kappa shape index (κ1) is 16.4. The van der Waals surface area contributed by atoms with E-state index in [4.69, 9.17) is 0 Å². The molecule has 0 amide bonds. The van der Waals surface area contributed by atoms with E-state index < -0.39 is 19.9 Å². The average Bonchev–Trinajstić information content (AvgIpc) is 2.49. The fourth-order valence-corrected chi connectivity index (χ4v) is 3.01. The maximum absolute atomic E-state index is 12.3. The minimum Gasteiger partial charge on any atom is -0.279 e. The Balaban J connectivity index is 2.37. The van der Waals surface area contributed by atoms with E-state index in [1.54, 1.807) is 0 Å². The number of anilines is 1. The van der Waals surface area contributed by atoms with E-state index in [9.17, 15) is 28.6 Å². The highest BCUT2D eigenvalue weighted by atomic mass is 32.2. The van der Waals surface area contributed by atoms with Gasteiger partial charge >= 0.3 is 0 Å². The highest BCUT2D eigenvalue weighted by molar-refractivity contribution is 7.92. The molecule has 0 bridgehead atoms. The number of nitrogens with zero attached hydrogens (tertiary/aromatic N) is 2. The Morgan fingerprint density at radius 3 is 2.09 bits per heavy atom. The summed E-state index contributed by atoms with van der Waals surface area (Å²) in [5, 5.41) is 21.5. The third kappa shape index (κ3) is 3.43. The lowest BCUT2D eigenvalue weighted by Crippen LogP contribution is -2.14. The summed E-state index contributed by atoms with van der Waals surface area (Å²) in [6, 6.07) is 8.33. The van der Waals surface area contributed by atoms with E-state index >= 15 is 0 Å². The SMILES string of the molecule is Cc1c(NS(=O)(=O)c2ccc([N+](=O)[O-])cc2)cccc1[N+](=O)[O-]. The standard InChI is InChI=1S/C13H11N3O6S/c1-9-12(3-2-4-13(9)16(19)20)14-23(21,22)11-7-5-10(6-8-11)15(17)18/h2-8,14H,1H3. The molecular formula is C13H11N3O6S. The van der Waals surface area contributed by atoms with E-state index in [-0.39, 0.29) is 27.5 Å². The zero-order valence-corrected chi connectivity index (χ0v) is 12.6. The van der Waals surface area contributed by atoms with E-state index in [2.05, 4.69) is 4.72 Å². The summed E-state index contributed by atoms with van der Waals surface area (Å²) < 4.78 is 26.8. The van der Waals surface area contributed by atoms with Crippen molar-refractivity contribution in [1.29, 1.82) is 0 Å². The van der Waals surface area contributed by atoms with Crippen molar-refractivity contribution in [2.45, 2.75) is 11.8 Å². The maximum atomic E-state index is 12.3. The molecule has 1 N–H and O–H groups in total. The molecule has 0 saturated carbocycles. The van der Waals surface area contributed by atoms with Crippen molar-refractivity contribution in [2.75, 3.05) is 4.72 Å². The summed E-state index contributed by atoms with van der Waals surface area (Å²) >= 11 is 0. The normalized spacial score (nSPS) is 11.0. The molecular weight excluding hydrogens is 326 g/mol. The van der Waals surface area contributed by atoms with Crippen LogP contribution in [0.4, 0.5) is 17.1 Å². The fraction of sp³-hybridized carbons (Fsp3) is 0.0769. The second-order valence-electron chi connectivity index (χ2n) is 4.56. The summed E-state index contributed by atoms with van der Waals surface area (Å²) in [5.41, 5.74) is -0.218. The number of nitro groups is 2. The molecule has 2 aromatic rings. The molecule has 0 aliphatic carbocycles. The van der Waals surface area contributed by atoms with Crippen molar-refractivity contribution in [3.05, 3.63) is 68.3 Å². The number of hydrogen-bond acceptors (Lipinski definition) is 6. The Labute approximate surface area is 130 Å². The molecule has 2 aromatic carbocycles. The first-order chi connectivity index (χ1) is 10.7. The number of nitro benzene ring substituents is 2. The molecule has 0 saturated heterocycles. The maximum Gasteiger partial charge on any atom is 0.274 e. The molecule has 0 aliphatic rings. The Morgan fingerprint density at radius 1 is 0.957 bits per heavy atom. The molecule has 2 rings (SSSR count). The van der Waals surface area contributed by atoms with Crippen molar-refractivity contribution in [2.24, 2.45) is 0 Å². The molecule has 120 valence electrons. The molecule has 0 spiro atoms. The largest absolute Gasteiger partial charge is 0.279 e. The quantitative estimate of drug-likeness (QED) is 0.658. The Hall–Kier alpha value is -3.01. The summed E-state index contributed by atoms with van der Waals surface area (Å²) in [5.74, 6) is 0. The molecule has 0 aromatic heterocycles. The van der Waals surface area contributed by atoms with Crippen LogP contribution in [-0.4, -0.2) is 18.3 Å². The van der Waals surface area contributed by atoms with Crippen LogP contribution >= 0.6 is 0 Å². The van der Waals surface area contributed by atoms with Crippen LogP contribution in [0.5, 0.6) is 0 Å². The van der Waals surface area contributed by atoms with Gasteiger partial charge in [0.1, 0.15) is 0 Å². The Bertz CT molecular complexity index is 877. The summed E-state index contributed by atoms with van der Waals surface area (Å²) in [7, 11) is -4.02. The van der Waals surface area contributed by atoms with Crippen molar-refractivity contribution in [3.63, 3.8) is 0 Å². The fourth-order valence-electron chi connectivity index (χ4n) is 1.88. The predicted molar refractivity (Wildman–Crippen MR) is 81.7 cm³/mol. The second-order valence-corrected chi connectivity index (χ2v) is 6.25. The minimum absolute atomic E-state index is 0.0672. The lowest BCUT2D eigenvalue weighted by molar-refractivity contribution is -0.385. The third-order valence-electron chi connectivity index (χ3n) is 3.10. The lowest BCUT2D eigenvalue weighted by atomic mass is 10.2. The number of hydrogen-bond donors (Lipinski definition) is 1. The van der Waals surface area contributed by atoms with Crippen LogP contribution in [0, 0.1) is 27.2 Å². The van der Waals surface area contributed by atoms with Crippen molar-refractivity contribution < 1.29 is 18.3 Å². The minimum atomic E-state index is -4.02. The molecule has 10 heteroatoms. The van der Waals surface area contributed by atoms with Gasteiger partial charge in [-0.1, -0.05) is 6.07 Å². The van der Waals surface area contributed by atoms with Gasteiger partial charge in [-0.3, -0.25) is 25.0 Å². The molecule has 0 heterocycles. The second kappa shape index (κ2) is 6.01. The summed E-state index contributed by atoms with van der Waals surface area (Å²) in [6.45, 7) is 1.42. The van der Waals surface area contributed by atoms with Gasteiger partial charge in [-0.25, -0.2) is 8.42 Å². The first-order valence-corrected chi connectivity index (χ1v) is 7.72. The topological polar surface area (TPSA) is 132 Å². The molecule has 0 fully saturated rings. The van der Waals surface area contributed by atoms with E-state index in [0.29, 0.717) is 0 Å². The zero-order valence-electron chi connectivity index (χ0n) is 11.8. The molecule has 0 radical (unpaired) electrons. The molecule has 0 aliphatic heterocycles. The first-order valence-electron chi connectivity index (χ1n) is 6.23. The molecule has 0 atom stereocenters. The van der Waals surface area contributed by atoms with Crippen LogP contribution in [0.25, 0.3) is 0 Å². The van der Waals surface area contributed by atoms with Gasteiger partial charge in [0, 0.05) is 18.2 Å². The molecule has 0 unspecified atom stereocenters. The highest BCUT2D eigenvalue weighted by Crippen LogP contribution is 2.27. The number of non-ortho nitro benzene ring substituents is 1. The van der Waals surface area contributed by atoms with Gasteiger partial charge in [-0.05, 0) is 25.1 Å². The van der Waals surface area contributed by atoms with Crippen molar-refractivity contribution in [3.8, 4) is 0 Å². The van der Waals surface area contributed by atoms with Crippen molar-refractivity contribution >= 4 is 27.1 Å². The van der Waals surface area contributed by atoms with Gasteiger partial charge in [0.2, 0.25) is 0 Å². The van der Waals surface area contributed by atoms with E-state index in [1.165, 1.54) is 25.1 Å². The van der Waals surface area contributed by atoms with Gasteiger partial charge in [0.25, 0.3) is 21.4 Å². The van der Waals surface area contributed by atoms with Crippen LogP contribution in [0.3, 0.4) is 0 Å². The predicted octanol–water partition coefficient (Wildman–Crippen LogP) is 2.61. The Morgan fingerprint density at radius 2 is 1.57 bits per heavy atom. The van der Waals surface area contributed by atoms with E-state index in [1.807, 2.05) is 0 Å². The number of sulfonamides is 1. The van der Waals surface area contributed by atoms with Crippen LogP contribution in [0.15, 0.2) is 47.4 Å². The van der Waals surface area contributed by atoms with Crippen LogP contribution in [0.2, 0.25) is 0 Å². The van der Waals surface area contributed by atoms with Gasteiger partial charge in [0.15, 0.2) is 0 Å². The summed E-state index contributed by atoms with van der Waals surface area (Å²) in [6.07, 6.45) is 0. The number of benzene rings is 2. The third-order valence-corrected chi connectivity index (χ3v) is 4.49. The van der Waals surface area contributed by atoms with Gasteiger partial charge < -0.3 is 0 Å². The van der Waals surface area contributed by atoms with Gasteiger partial charge in [-0.2, -0.15) is 0 Å². The van der Waals surface area contributed by atoms with Crippen LogP contribution < -0.4 is 4.72 Å². The number of rotatable bonds is 5. The lowest BCUT2D eigenvalue weighted by Gasteiger charge is -2.10.